The Balaban J connectivity index is 1.62. The monoisotopic (exact) mass is 291 g/mol. The fourth-order valence-corrected chi connectivity index (χ4v) is 7.36. The van der Waals surface area contributed by atoms with Crippen LogP contribution in [0.15, 0.2) is 0 Å². The second-order valence-corrected chi connectivity index (χ2v) is 10.4. The molecule has 4 aliphatic carbocycles. The van der Waals surface area contributed by atoms with Crippen molar-refractivity contribution >= 4 is 0 Å². The van der Waals surface area contributed by atoms with Crippen LogP contribution in [-0.2, 0) is 0 Å². The van der Waals surface area contributed by atoms with Crippen molar-refractivity contribution in [2.24, 2.45) is 33.8 Å². The Bertz CT molecular complexity index is 367. The molecule has 122 valence electrons. The van der Waals surface area contributed by atoms with E-state index in [1.165, 1.54) is 64.2 Å². The molecular formula is C20H37N. The first-order valence-corrected chi connectivity index (χ1v) is 9.47. The van der Waals surface area contributed by atoms with Crippen LogP contribution >= 0.6 is 0 Å². The molecule has 0 heterocycles. The van der Waals surface area contributed by atoms with Crippen LogP contribution in [0.4, 0.5) is 0 Å². The molecule has 3 atom stereocenters. The predicted molar refractivity (Wildman–Crippen MR) is 91.1 cm³/mol. The molecule has 0 aromatic carbocycles. The van der Waals surface area contributed by atoms with Gasteiger partial charge < -0.3 is 5.73 Å². The molecule has 4 aliphatic rings. The zero-order chi connectivity index (χ0) is 15.3. The molecule has 21 heavy (non-hydrogen) atoms. The lowest BCUT2D eigenvalue weighted by molar-refractivity contribution is -0.149. The molecule has 4 rings (SSSR count). The molecule has 0 saturated heterocycles. The zero-order valence-corrected chi connectivity index (χ0v) is 14.9. The van der Waals surface area contributed by atoms with Gasteiger partial charge in [0.1, 0.15) is 0 Å². The summed E-state index contributed by atoms with van der Waals surface area (Å²) in [7, 11) is 0. The van der Waals surface area contributed by atoms with Gasteiger partial charge in [0.2, 0.25) is 0 Å². The molecule has 4 saturated carbocycles. The van der Waals surface area contributed by atoms with E-state index < -0.39 is 0 Å². The average Bonchev–Trinajstić information content (AvgIpc) is 2.21. The highest BCUT2D eigenvalue weighted by Gasteiger charge is 2.59. The molecular weight excluding hydrogens is 254 g/mol. The zero-order valence-electron chi connectivity index (χ0n) is 14.9. The van der Waals surface area contributed by atoms with Gasteiger partial charge >= 0.3 is 0 Å². The third-order valence-corrected chi connectivity index (χ3v) is 6.79. The summed E-state index contributed by atoms with van der Waals surface area (Å²) in [6, 6.07) is 0.451. The van der Waals surface area contributed by atoms with Crippen molar-refractivity contribution in [2.45, 2.75) is 97.9 Å². The Hall–Kier alpha value is -0.0400. The van der Waals surface area contributed by atoms with Crippen LogP contribution in [0, 0.1) is 28.1 Å². The van der Waals surface area contributed by atoms with Gasteiger partial charge in [0.25, 0.3) is 0 Å². The molecule has 0 amide bonds. The number of rotatable bonds is 6. The average molecular weight is 292 g/mol. The maximum Gasteiger partial charge on any atom is 0.00441 e. The first-order valence-electron chi connectivity index (χ1n) is 9.47. The van der Waals surface area contributed by atoms with E-state index in [1.54, 1.807) is 0 Å². The highest BCUT2D eigenvalue weighted by atomic mass is 14.7. The summed E-state index contributed by atoms with van der Waals surface area (Å²) < 4.78 is 0. The lowest BCUT2D eigenvalue weighted by Gasteiger charge is -2.66. The highest BCUT2D eigenvalue weighted by molar-refractivity contribution is 5.10. The SMILES string of the molecule is CC(C)CCCC(N)CC12CC3CC(C)(CC(C)(C3)C1)C2. The normalized spacial score (nSPS) is 46.3. The van der Waals surface area contributed by atoms with Gasteiger partial charge in [-0.1, -0.05) is 40.5 Å². The lowest BCUT2D eigenvalue weighted by atomic mass is 9.39. The van der Waals surface area contributed by atoms with Crippen LogP contribution < -0.4 is 5.73 Å². The van der Waals surface area contributed by atoms with Gasteiger partial charge in [0, 0.05) is 6.04 Å². The van der Waals surface area contributed by atoms with E-state index >= 15 is 0 Å². The van der Waals surface area contributed by atoms with E-state index in [0.29, 0.717) is 22.3 Å². The highest BCUT2D eigenvalue weighted by Crippen LogP contribution is 2.70. The van der Waals surface area contributed by atoms with Gasteiger partial charge in [0.15, 0.2) is 0 Å². The van der Waals surface area contributed by atoms with E-state index in [-0.39, 0.29) is 0 Å². The van der Waals surface area contributed by atoms with Gasteiger partial charge in [-0.3, -0.25) is 0 Å². The Morgan fingerprint density at radius 2 is 1.57 bits per heavy atom. The van der Waals surface area contributed by atoms with E-state index in [9.17, 15) is 0 Å². The fraction of sp³-hybridized carbons (Fsp3) is 1.00. The van der Waals surface area contributed by atoms with E-state index in [4.69, 9.17) is 5.73 Å². The molecule has 3 unspecified atom stereocenters. The predicted octanol–water partition coefficient (Wildman–Crippen LogP) is 5.53. The summed E-state index contributed by atoms with van der Waals surface area (Å²) >= 11 is 0. The van der Waals surface area contributed by atoms with Crippen molar-refractivity contribution in [2.75, 3.05) is 0 Å². The molecule has 1 nitrogen and oxygen atoms in total. The Kier molecular flexibility index (Phi) is 3.96. The first kappa shape index (κ1) is 15.8. The smallest absolute Gasteiger partial charge is 0.00441 e. The van der Waals surface area contributed by atoms with Crippen LogP contribution in [0.2, 0.25) is 0 Å². The third kappa shape index (κ3) is 3.33. The van der Waals surface area contributed by atoms with Crippen molar-refractivity contribution in [3.05, 3.63) is 0 Å². The summed E-state index contributed by atoms with van der Waals surface area (Å²) in [5, 5.41) is 0. The first-order chi connectivity index (χ1) is 9.72. The minimum absolute atomic E-state index is 0.451. The van der Waals surface area contributed by atoms with Crippen LogP contribution in [-0.4, -0.2) is 6.04 Å². The van der Waals surface area contributed by atoms with Gasteiger partial charge in [-0.25, -0.2) is 0 Å². The maximum atomic E-state index is 6.57. The topological polar surface area (TPSA) is 26.0 Å². The van der Waals surface area contributed by atoms with Crippen LogP contribution in [0.1, 0.15) is 91.9 Å². The summed E-state index contributed by atoms with van der Waals surface area (Å²) in [5.74, 6) is 1.84. The summed E-state index contributed by atoms with van der Waals surface area (Å²) in [4.78, 5) is 0. The van der Waals surface area contributed by atoms with Crippen molar-refractivity contribution in [3.8, 4) is 0 Å². The molecule has 2 N–H and O–H groups in total. The number of hydrogen-bond donors (Lipinski definition) is 1. The van der Waals surface area contributed by atoms with Gasteiger partial charge in [-0.15, -0.1) is 0 Å². The Morgan fingerprint density at radius 1 is 0.952 bits per heavy atom. The minimum atomic E-state index is 0.451. The molecule has 4 bridgehead atoms. The number of nitrogens with two attached hydrogens (primary N) is 1. The van der Waals surface area contributed by atoms with Crippen molar-refractivity contribution in [1.29, 1.82) is 0 Å². The van der Waals surface area contributed by atoms with Gasteiger partial charge in [-0.2, -0.15) is 0 Å². The van der Waals surface area contributed by atoms with Gasteiger partial charge in [0.05, 0.1) is 0 Å². The lowest BCUT2D eigenvalue weighted by Crippen LogP contribution is -2.56. The van der Waals surface area contributed by atoms with Crippen LogP contribution in [0.5, 0.6) is 0 Å². The molecule has 4 fully saturated rings. The van der Waals surface area contributed by atoms with Crippen molar-refractivity contribution in [1.82, 2.24) is 0 Å². The molecule has 0 aliphatic heterocycles. The third-order valence-electron chi connectivity index (χ3n) is 6.79. The molecule has 0 aromatic rings. The maximum absolute atomic E-state index is 6.57. The molecule has 0 radical (unpaired) electrons. The Morgan fingerprint density at radius 3 is 2.10 bits per heavy atom. The molecule has 1 heteroatoms. The fourth-order valence-electron chi connectivity index (χ4n) is 7.36. The summed E-state index contributed by atoms with van der Waals surface area (Å²) in [6.45, 7) is 9.81. The molecule has 0 aromatic heterocycles. The second-order valence-electron chi connectivity index (χ2n) is 10.4. The second kappa shape index (κ2) is 5.25. The van der Waals surface area contributed by atoms with E-state index in [0.717, 1.165) is 11.8 Å². The summed E-state index contributed by atoms with van der Waals surface area (Å²) in [6.07, 6.45) is 14.2. The Labute approximate surface area is 132 Å². The van der Waals surface area contributed by atoms with E-state index in [2.05, 4.69) is 27.7 Å². The van der Waals surface area contributed by atoms with Gasteiger partial charge in [-0.05, 0) is 79.4 Å². The molecule has 0 spiro atoms. The minimum Gasteiger partial charge on any atom is -0.328 e. The standard InChI is InChI=1S/C20H37N/c1-15(2)6-5-7-17(21)11-20-10-16-8-18(3,13-20)12-19(4,9-16)14-20/h15-17H,5-14,21H2,1-4H3. The van der Waals surface area contributed by atoms with Crippen LogP contribution in [0.3, 0.4) is 0 Å². The van der Waals surface area contributed by atoms with E-state index in [1.807, 2.05) is 0 Å². The number of hydrogen-bond acceptors (Lipinski definition) is 1. The van der Waals surface area contributed by atoms with Crippen molar-refractivity contribution in [3.63, 3.8) is 0 Å². The van der Waals surface area contributed by atoms with Crippen LogP contribution in [0.25, 0.3) is 0 Å². The summed E-state index contributed by atoms with van der Waals surface area (Å²) in [5.41, 5.74) is 8.47. The quantitative estimate of drug-likeness (QED) is 0.684. The largest absolute Gasteiger partial charge is 0.328 e. The van der Waals surface area contributed by atoms with Crippen molar-refractivity contribution < 1.29 is 0 Å².